The molecule has 0 radical (unpaired) electrons. The van der Waals surface area contributed by atoms with Gasteiger partial charge in [-0.1, -0.05) is 42.5 Å². The minimum atomic E-state index is -0.416. The van der Waals surface area contributed by atoms with Crippen molar-refractivity contribution in [3.8, 4) is 17.3 Å². The van der Waals surface area contributed by atoms with E-state index in [1.54, 1.807) is 10.8 Å². The summed E-state index contributed by atoms with van der Waals surface area (Å²) in [5, 5.41) is 18.2. The fourth-order valence-electron chi connectivity index (χ4n) is 4.88. The number of aromatic nitrogens is 3. The van der Waals surface area contributed by atoms with Crippen molar-refractivity contribution in [2.24, 2.45) is 5.10 Å². The van der Waals surface area contributed by atoms with Crippen molar-refractivity contribution in [2.45, 2.75) is 39.2 Å². The lowest BCUT2D eigenvalue weighted by Gasteiger charge is -2.33. The average molecular weight is 512 g/mol. The summed E-state index contributed by atoms with van der Waals surface area (Å²) in [6, 6.07) is 19.2. The molecule has 1 N–H and O–H groups in total. The maximum absolute atomic E-state index is 13.9. The smallest absolute Gasteiger partial charge is 0.271 e. The van der Waals surface area contributed by atoms with Crippen molar-refractivity contribution >= 4 is 18.4 Å². The Morgan fingerprint density at radius 1 is 0.973 bits per heavy atom. The second-order valence-electron chi connectivity index (χ2n) is 9.27. The van der Waals surface area contributed by atoms with Crippen molar-refractivity contribution < 1.29 is 5.11 Å². The number of nitrogens with zero attached hydrogens (tertiary/aromatic N) is 5. The molecule has 0 bridgehead atoms. The standard InChI is InChI=1S/C29H29N5O2S/c1-20-10-3-5-13-24(20)33-27(35)23(28(36)34(29(33)37)25-14-6-4-11-21(25)2)19-31-32-17-8-7-15-26(32)22-12-9-16-30-18-22/h3-6,9-14,16,18-19,26,35H,7-8,15,17H2,1-2H3. The van der Waals surface area contributed by atoms with Gasteiger partial charge in [-0.2, -0.15) is 5.10 Å². The molecule has 5 rings (SSSR count). The summed E-state index contributed by atoms with van der Waals surface area (Å²) in [6.45, 7) is 4.63. The molecule has 1 aliphatic heterocycles. The van der Waals surface area contributed by atoms with E-state index in [-0.39, 0.29) is 22.3 Å². The van der Waals surface area contributed by atoms with Crippen LogP contribution in [0.4, 0.5) is 0 Å². The second-order valence-corrected chi connectivity index (χ2v) is 9.64. The molecule has 4 aromatic rings. The highest BCUT2D eigenvalue weighted by molar-refractivity contribution is 7.71. The second kappa shape index (κ2) is 10.5. The van der Waals surface area contributed by atoms with E-state index in [0.717, 1.165) is 42.5 Å². The third kappa shape index (κ3) is 4.72. The zero-order valence-corrected chi connectivity index (χ0v) is 21.7. The van der Waals surface area contributed by atoms with Crippen LogP contribution in [0.3, 0.4) is 0 Å². The molecule has 0 aliphatic carbocycles. The first-order valence-electron chi connectivity index (χ1n) is 12.4. The molecule has 1 aliphatic rings. The minimum Gasteiger partial charge on any atom is -0.494 e. The van der Waals surface area contributed by atoms with Crippen molar-refractivity contribution in [3.63, 3.8) is 0 Å². The monoisotopic (exact) mass is 511 g/mol. The van der Waals surface area contributed by atoms with Crippen LogP contribution in [0.15, 0.2) is 83.0 Å². The Hall–Kier alpha value is -4.04. The average Bonchev–Trinajstić information content (AvgIpc) is 2.91. The van der Waals surface area contributed by atoms with Crippen LogP contribution in [-0.2, 0) is 0 Å². The van der Waals surface area contributed by atoms with Gasteiger partial charge in [-0.05, 0) is 80.2 Å². The predicted octanol–water partition coefficient (Wildman–Crippen LogP) is 5.64. The third-order valence-electron chi connectivity index (χ3n) is 6.86. The van der Waals surface area contributed by atoms with Gasteiger partial charge in [-0.25, -0.2) is 0 Å². The van der Waals surface area contributed by atoms with E-state index in [1.807, 2.05) is 85.7 Å². The van der Waals surface area contributed by atoms with E-state index in [4.69, 9.17) is 17.3 Å². The van der Waals surface area contributed by atoms with E-state index in [2.05, 4.69) is 4.98 Å². The molecule has 2 aromatic heterocycles. The number of pyridine rings is 1. The molecule has 0 saturated carbocycles. The number of benzene rings is 2. The molecule has 0 spiro atoms. The minimum absolute atomic E-state index is 0.0566. The first kappa shape index (κ1) is 24.6. The van der Waals surface area contributed by atoms with Gasteiger partial charge in [0.05, 0.1) is 23.6 Å². The molecule has 3 heterocycles. The number of aromatic hydroxyl groups is 1. The Balaban J connectivity index is 1.70. The molecule has 8 heteroatoms. The molecule has 1 unspecified atom stereocenters. The van der Waals surface area contributed by atoms with Crippen molar-refractivity contribution in [1.29, 1.82) is 0 Å². The quantitative estimate of drug-likeness (QED) is 0.277. The molecule has 188 valence electrons. The van der Waals surface area contributed by atoms with E-state index < -0.39 is 5.56 Å². The van der Waals surface area contributed by atoms with Gasteiger partial charge in [0.25, 0.3) is 5.56 Å². The Morgan fingerprint density at radius 2 is 1.65 bits per heavy atom. The number of hydrogen-bond donors (Lipinski definition) is 1. The summed E-state index contributed by atoms with van der Waals surface area (Å²) in [4.78, 5) is 18.1. The van der Waals surface area contributed by atoms with Crippen molar-refractivity contribution in [1.82, 2.24) is 19.1 Å². The van der Waals surface area contributed by atoms with Crippen molar-refractivity contribution in [3.05, 3.63) is 110 Å². The Bertz CT molecular complexity index is 1580. The van der Waals surface area contributed by atoms with Gasteiger partial charge in [0.1, 0.15) is 5.56 Å². The molecule has 2 aromatic carbocycles. The Morgan fingerprint density at radius 3 is 2.30 bits per heavy atom. The van der Waals surface area contributed by atoms with Gasteiger partial charge in [-0.3, -0.25) is 23.9 Å². The molecule has 7 nitrogen and oxygen atoms in total. The van der Waals surface area contributed by atoms with E-state index >= 15 is 0 Å². The first-order chi connectivity index (χ1) is 18.0. The van der Waals surface area contributed by atoms with Gasteiger partial charge in [0.15, 0.2) is 4.77 Å². The Labute approximate surface area is 221 Å². The van der Waals surface area contributed by atoms with Crippen LogP contribution in [0.5, 0.6) is 5.88 Å². The lowest BCUT2D eigenvalue weighted by Crippen LogP contribution is -2.31. The van der Waals surface area contributed by atoms with Crippen LogP contribution in [0.1, 0.15) is 47.6 Å². The van der Waals surface area contributed by atoms with Crippen LogP contribution in [0, 0.1) is 18.6 Å². The number of aryl methyl sites for hydroxylation is 2. The first-order valence-corrected chi connectivity index (χ1v) is 12.8. The molecule has 0 amide bonds. The molecule has 1 fully saturated rings. The SMILES string of the molecule is Cc1ccccc1-n1c(O)c(C=NN2CCCCC2c2cccnc2)c(=O)n(-c2ccccc2C)c1=S. The highest BCUT2D eigenvalue weighted by Gasteiger charge is 2.24. The zero-order chi connectivity index (χ0) is 25.9. The molecular formula is C29H29N5O2S. The highest BCUT2D eigenvalue weighted by Crippen LogP contribution is 2.31. The maximum Gasteiger partial charge on any atom is 0.271 e. The summed E-state index contributed by atoms with van der Waals surface area (Å²) in [6.07, 6.45) is 8.13. The topological polar surface area (TPSA) is 75.7 Å². The summed E-state index contributed by atoms with van der Waals surface area (Å²) >= 11 is 5.81. The van der Waals surface area contributed by atoms with Gasteiger partial charge in [-0.15, -0.1) is 0 Å². The van der Waals surface area contributed by atoms with E-state index in [9.17, 15) is 9.90 Å². The van der Waals surface area contributed by atoms with Gasteiger partial charge < -0.3 is 5.11 Å². The van der Waals surface area contributed by atoms with Crippen LogP contribution >= 0.6 is 12.2 Å². The highest BCUT2D eigenvalue weighted by atomic mass is 32.1. The Kier molecular flexibility index (Phi) is 7.01. The summed E-state index contributed by atoms with van der Waals surface area (Å²) < 4.78 is 3.22. The summed E-state index contributed by atoms with van der Waals surface area (Å²) in [7, 11) is 0. The fraction of sp³-hybridized carbons (Fsp3) is 0.241. The summed E-state index contributed by atoms with van der Waals surface area (Å²) in [5.74, 6) is -0.229. The largest absolute Gasteiger partial charge is 0.494 e. The van der Waals surface area contributed by atoms with Crippen LogP contribution in [-0.4, -0.2) is 37.0 Å². The number of hydrogen-bond acceptors (Lipinski definition) is 6. The van der Waals surface area contributed by atoms with Crippen LogP contribution in [0.2, 0.25) is 0 Å². The molecular weight excluding hydrogens is 482 g/mol. The predicted molar refractivity (Wildman–Crippen MR) is 148 cm³/mol. The number of rotatable bonds is 5. The van der Waals surface area contributed by atoms with Gasteiger partial charge in [0.2, 0.25) is 5.88 Å². The fourth-order valence-corrected chi connectivity index (χ4v) is 5.25. The van der Waals surface area contributed by atoms with Gasteiger partial charge >= 0.3 is 0 Å². The molecule has 37 heavy (non-hydrogen) atoms. The van der Waals surface area contributed by atoms with Gasteiger partial charge in [0, 0.05) is 18.9 Å². The zero-order valence-electron chi connectivity index (χ0n) is 20.9. The maximum atomic E-state index is 13.9. The van der Waals surface area contributed by atoms with E-state index in [1.165, 1.54) is 10.8 Å². The third-order valence-corrected chi connectivity index (χ3v) is 7.23. The molecule has 1 saturated heterocycles. The number of piperidine rings is 1. The summed E-state index contributed by atoms with van der Waals surface area (Å²) in [5.41, 5.74) is 3.93. The van der Waals surface area contributed by atoms with E-state index in [0.29, 0.717) is 11.4 Å². The molecule has 1 atom stereocenters. The van der Waals surface area contributed by atoms with Crippen molar-refractivity contribution in [2.75, 3.05) is 6.54 Å². The van der Waals surface area contributed by atoms with Crippen LogP contribution < -0.4 is 5.56 Å². The lowest BCUT2D eigenvalue weighted by atomic mass is 9.98. The lowest BCUT2D eigenvalue weighted by molar-refractivity contribution is 0.156. The number of hydrazone groups is 1. The number of para-hydroxylation sites is 2. The normalized spacial score (nSPS) is 15.8. The van der Waals surface area contributed by atoms with Crippen LogP contribution in [0.25, 0.3) is 11.4 Å².